The molecule has 1 aliphatic heterocycles. The third-order valence-electron chi connectivity index (χ3n) is 8.03. The highest BCUT2D eigenvalue weighted by atomic mass is 35.5. The zero-order valence-corrected chi connectivity index (χ0v) is 24.7. The summed E-state index contributed by atoms with van der Waals surface area (Å²) < 4.78 is 17.3. The standard InChI is InChI=1S/C35H40ClNO4/c1-26(25-27-7-13-31(36)14-8-27)34(28-9-15-32(16-10-28)40-24-21-37-19-22-39-23-20-37)29-11-17-33(18-12-29)41-35(38)30-5-3-2-4-6-30/h7-18,30H,2-6,19-25H2,1H3/b34-26-. The van der Waals surface area contributed by atoms with Gasteiger partial charge in [-0.25, -0.2) is 0 Å². The number of benzene rings is 3. The van der Waals surface area contributed by atoms with Crippen molar-refractivity contribution in [3.05, 3.63) is 100 Å². The summed E-state index contributed by atoms with van der Waals surface area (Å²) >= 11 is 6.13. The van der Waals surface area contributed by atoms with E-state index < -0.39 is 0 Å². The predicted molar refractivity (Wildman–Crippen MR) is 165 cm³/mol. The number of halogens is 1. The second kappa shape index (κ2) is 14.7. The molecule has 0 spiro atoms. The highest BCUT2D eigenvalue weighted by Crippen LogP contribution is 2.32. The van der Waals surface area contributed by atoms with E-state index in [2.05, 4.69) is 48.2 Å². The van der Waals surface area contributed by atoms with Gasteiger partial charge in [-0.2, -0.15) is 0 Å². The Kier molecular flexibility index (Phi) is 10.5. The lowest BCUT2D eigenvalue weighted by Gasteiger charge is -2.26. The number of hydrogen-bond donors (Lipinski definition) is 0. The first kappa shape index (κ1) is 29.4. The average Bonchev–Trinajstić information content (AvgIpc) is 3.01. The molecule has 0 aromatic heterocycles. The van der Waals surface area contributed by atoms with Crippen LogP contribution < -0.4 is 9.47 Å². The maximum atomic E-state index is 12.7. The number of allylic oxidation sites excluding steroid dienone is 1. The van der Waals surface area contributed by atoms with E-state index >= 15 is 0 Å². The summed E-state index contributed by atoms with van der Waals surface area (Å²) in [5.74, 6) is 1.39. The van der Waals surface area contributed by atoms with Gasteiger partial charge in [0.2, 0.25) is 0 Å². The number of rotatable bonds is 10. The monoisotopic (exact) mass is 573 g/mol. The van der Waals surface area contributed by atoms with Gasteiger partial charge in [0, 0.05) is 24.7 Å². The van der Waals surface area contributed by atoms with Gasteiger partial charge in [0.15, 0.2) is 0 Å². The summed E-state index contributed by atoms with van der Waals surface area (Å²) in [4.78, 5) is 15.0. The van der Waals surface area contributed by atoms with Gasteiger partial charge in [0.1, 0.15) is 18.1 Å². The van der Waals surface area contributed by atoms with Gasteiger partial charge in [-0.3, -0.25) is 9.69 Å². The Labute approximate surface area is 249 Å². The molecule has 0 atom stereocenters. The Morgan fingerprint density at radius 3 is 2.10 bits per heavy atom. The number of hydrogen-bond acceptors (Lipinski definition) is 5. The molecule has 1 saturated carbocycles. The Hall–Kier alpha value is -3.12. The number of esters is 1. The molecule has 0 unspecified atom stereocenters. The molecule has 5 nitrogen and oxygen atoms in total. The zero-order valence-electron chi connectivity index (χ0n) is 23.9. The molecule has 0 bridgehead atoms. The van der Waals surface area contributed by atoms with Crippen LogP contribution in [-0.4, -0.2) is 50.3 Å². The van der Waals surface area contributed by atoms with Crippen molar-refractivity contribution in [2.24, 2.45) is 5.92 Å². The van der Waals surface area contributed by atoms with E-state index in [1.54, 1.807) is 0 Å². The van der Waals surface area contributed by atoms with Crippen molar-refractivity contribution in [3.8, 4) is 11.5 Å². The largest absolute Gasteiger partial charge is 0.492 e. The topological polar surface area (TPSA) is 48.0 Å². The number of morpholine rings is 1. The van der Waals surface area contributed by atoms with Gasteiger partial charge in [-0.1, -0.05) is 72.8 Å². The number of nitrogens with zero attached hydrogens (tertiary/aromatic N) is 1. The minimum absolute atomic E-state index is 0.0232. The molecule has 1 aliphatic carbocycles. The van der Waals surface area contributed by atoms with E-state index in [0.717, 1.165) is 92.4 Å². The first-order valence-electron chi connectivity index (χ1n) is 14.8. The summed E-state index contributed by atoms with van der Waals surface area (Å²) in [6, 6.07) is 24.3. The fraction of sp³-hybridized carbons (Fsp3) is 0.400. The van der Waals surface area contributed by atoms with Gasteiger partial charge < -0.3 is 14.2 Å². The van der Waals surface area contributed by atoms with Crippen LogP contribution in [-0.2, 0) is 16.0 Å². The summed E-state index contributed by atoms with van der Waals surface area (Å²) in [5, 5.41) is 0.734. The molecule has 2 fully saturated rings. The van der Waals surface area contributed by atoms with Crippen LogP contribution in [0.2, 0.25) is 5.02 Å². The minimum Gasteiger partial charge on any atom is -0.492 e. The highest BCUT2D eigenvalue weighted by Gasteiger charge is 2.23. The van der Waals surface area contributed by atoms with Crippen molar-refractivity contribution in [2.45, 2.75) is 45.4 Å². The Balaban J connectivity index is 1.32. The number of carbonyl (C=O) groups excluding carboxylic acids is 1. The quantitative estimate of drug-likeness (QED) is 0.185. The fourth-order valence-corrected chi connectivity index (χ4v) is 5.84. The van der Waals surface area contributed by atoms with Crippen LogP contribution in [0.3, 0.4) is 0 Å². The van der Waals surface area contributed by atoms with Crippen LogP contribution in [0.15, 0.2) is 78.4 Å². The molecule has 3 aromatic rings. The van der Waals surface area contributed by atoms with E-state index in [4.69, 9.17) is 25.8 Å². The highest BCUT2D eigenvalue weighted by molar-refractivity contribution is 6.30. The Bertz CT molecular complexity index is 1290. The summed E-state index contributed by atoms with van der Waals surface area (Å²) in [6.45, 7) is 7.23. The lowest BCUT2D eigenvalue weighted by Crippen LogP contribution is -2.38. The maximum Gasteiger partial charge on any atom is 0.314 e. The van der Waals surface area contributed by atoms with E-state index in [-0.39, 0.29) is 11.9 Å². The van der Waals surface area contributed by atoms with E-state index in [0.29, 0.717) is 12.4 Å². The van der Waals surface area contributed by atoms with Crippen molar-refractivity contribution in [2.75, 3.05) is 39.5 Å². The molecule has 0 radical (unpaired) electrons. The van der Waals surface area contributed by atoms with Gasteiger partial charge in [0.25, 0.3) is 0 Å². The third kappa shape index (κ3) is 8.45. The SMILES string of the molecule is C/C(Cc1ccc(Cl)cc1)=C(\c1ccc(OCCN2CCOCC2)cc1)c1ccc(OC(=O)C2CCCCC2)cc1. The van der Waals surface area contributed by atoms with Crippen molar-refractivity contribution in [1.29, 1.82) is 0 Å². The smallest absolute Gasteiger partial charge is 0.314 e. The molecule has 6 heteroatoms. The first-order chi connectivity index (χ1) is 20.0. The summed E-state index contributed by atoms with van der Waals surface area (Å²) in [5.41, 5.74) is 5.79. The second-order valence-corrected chi connectivity index (χ2v) is 11.5. The normalized spacial score (nSPS) is 17.1. The Morgan fingerprint density at radius 1 is 0.854 bits per heavy atom. The first-order valence-corrected chi connectivity index (χ1v) is 15.2. The number of carbonyl (C=O) groups is 1. The van der Waals surface area contributed by atoms with Crippen molar-refractivity contribution >= 4 is 23.1 Å². The molecule has 5 rings (SSSR count). The second-order valence-electron chi connectivity index (χ2n) is 11.1. The molecular weight excluding hydrogens is 534 g/mol. The van der Waals surface area contributed by atoms with Crippen LogP contribution in [0, 0.1) is 5.92 Å². The van der Waals surface area contributed by atoms with E-state index in [9.17, 15) is 4.79 Å². The van der Waals surface area contributed by atoms with Crippen LogP contribution in [0.5, 0.6) is 11.5 Å². The average molecular weight is 574 g/mol. The maximum absolute atomic E-state index is 12.7. The van der Waals surface area contributed by atoms with Crippen molar-refractivity contribution in [1.82, 2.24) is 4.90 Å². The van der Waals surface area contributed by atoms with Crippen LogP contribution in [0.4, 0.5) is 0 Å². The molecule has 1 saturated heterocycles. The fourth-order valence-electron chi connectivity index (χ4n) is 5.72. The molecule has 216 valence electrons. The van der Waals surface area contributed by atoms with Gasteiger partial charge in [0.05, 0.1) is 19.1 Å². The molecule has 3 aromatic carbocycles. The van der Waals surface area contributed by atoms with Crippen LogP contribution >= 0.6 is 11.6 Å². The molecule has 0 amide bonds. The molecular formula is C35H40ClNO4. The van der Waals surface area contributed by atoms with Crippen molar-refractivity contribution < 1.29 is 19.0 Å². The predicted octanol–water partition coefficient (Wildman–Crippen LogP) is 7.60. The van der Waals surface area contributed by atoms with Crippen LogP contribution in [0.25, 0.3) is 5.57 Å². The summed E-state index contributed by atoms with van der Waals surface area (Å²) in [7, 11) is 0. The van der Waals surface area contributed by atoms with E-state index in [1.807, 2.05) is 36.4 Å². The van der Waals surface area contributed by atoms with Gasteiger partial charge in [-0.05, 0) is 84.8 Å². The third-order valence-corrected chi connectivity index (χ3v) is 8.28. The minimum atomic E-state index is -0.101. The number of ether oxygens (including phenoxy) is 3. The molecule has 0 N–H and O–H groups in total. The van der Waals surface area contributed by atoms with Crippen LogP contribution in [0.1, 0.15) is 55.7 Å². The van der Waals surface area contributed by atoms with Gasteiger partial charge >= 0.3 is 5.97 Å². The van der Waals surface area contributed by atoms with E-state index in [1.165, 1.54) is 17.6 Å². The molecule has 41 heavy (non-hydrogen) atoms. The van der Waals surface area contributed by atoms with Gasteiger partial charge in [-0.15, -0.1) is 0 Å². The molecule has 2 aliphatic rings. The molecule has 1 heterocycles. The van der Waals surface area contributed by atoms with Crippen molar-refractivity contribution in [3.63, 3.8) is 0 Å². The lowest BCUT2D eigenvalue weighted by atomic mass is 9.89. The Morgan fingerprint density at radius 2 is 1.46 bits per heavy atom. The lowest BCUT2D eigenvalue weighted by molar-refractivity contribution is -0.139. The summed E-state index contributed by atoms with van der Waals surface area (Å²) in [6.07, 6.45) is 6.09. The zero-order chi connectivity index (χ0) is 28.4.